The fourth-order valence-corrected chi connectivity index (χ4v) is 4.23. The second kappa shape index (κ2) is 14.2. The van der Waals surface area contributed by atoms with Gasteiger partial charge in [-0.05, 0) is 77.8 Å². The van der Waals surface area contributed by atoms with Crippen molar-refractivity contribution in [2.24, 2.45) is 0 Å². The molecule has 0 heterocycles. The summed E-state index contributed by atoms with van der Waals surface area (Å²) in [5.74, 6) is -0.765. The molecule has 2 N–H and O–H groups in total. The molecule has 0 saturated carbocycles. The monoisotopic (exact) mass is 485 g/mol. The normalized spacial score (nSPS) is 11.4. The average Bonchev–Trinajstić information content (AvgIpc) is 2.83. The molecule has 0 aliphatic rings. The molecule has 0 spiro atoms. The first-order chi connectivity index (χ1) is 16.4. The van der Waals surface area contributed by atoms with Crippen molar-refractivity contribution in [2.45, 2.75) is 39.5 Å². The number of nitrogens with one attached hydrogen (secondary N) is 1. The Morgan fingerprint density at radius 3 is 2.29 bits per heavy atom. The van der Waals surface area contributed by atoms with Gasteiger partial charge in [-0.1, -0.05) is 54.6 Å². The summed E-state index contributed by atoms with van der Waals surface area (Å²) in [5, 5.41) is 12.2. The molecular weight excluding hydrogens is 453 g/mol. The molecule has 7 heteroatoms. The van der Waals surface area contributed by atoms with Gasteiger partial charge in [-0.3, -0.25) is 4.79 Å². The van der Waals surface area contributed by atoms with Crippen LogP contribution in [0.2, 0.25) is 0 Å². The Balaban J connectivity index is 0.00000432. The second-order valence-electron chi connectivity index (χ2n) is 8.26. The van der Waals surface area contributed by atoms with E-state index in [4.69, 9.17) is 4.74 Å². The van der Waals surface area contributed by atoms with Gasteiger partial charge in [-0.15, -0.1) is 0 Å². The van der Waals surface area contributed by atoms with Crippen LogP contribution in [-0.2, 0) is 22.7 Å². The number of amides is 1. The van der Waals surface area contributed by atoms with E-state index >= 15 is 0 Å². The maximum atomic E-state index is 13.2. The Labute approximate surface area is 223 Å². The van der Waals surface area contributed by atoms with E-state index in [0.717, 1.165) is 27.8 Å². The Bertz CT molecular complexity index is 1150. The maximum absolute atomic E-state index is 13.2. The zero-order valence-corrected chi connectivity index (χ0v) is 20.7. The van der Waals surface area contributed by atoms with Gasteiger partial charge >= 0.3 is 24.8 Å². The number of carboxylic acid groups (broad SMARTS) is 1. The third kappa shape index (κ3) is 8.01. The minimum absolute atomic E-state index is 0. The summed E-state index contributed by atoms with van der Waals surface area (Å²) in [6.07, 6.45) is 2.28. The number of rotatable bonds is 11. The molecule has 0 saturated heterocycles. The minimum atomic E-state index is -1.03. The van der Waals surface area contributed by atoms with Gasteiger partial charge in [-0.2, -0.15) is 11.8 Å². The first-order valence-corrected chi connectivity index (χ1v) is 12.6. The number of carbonyl (C=O) groups is 2. The fourth-order valence-electron chi connectivity index (χ4n) is 3.76. The predicted molar refractivity (Wildman–Crippen MR) is 145 cm³/mol. The molecule has 3 aromatic rings. The van der Waals surface area contributed by atoms with Crippen molar-refractivity contribution in [2.75, 3.05) is 12.0 Å². The van der Waals surface area contributed by atoms with Gasteiger partial charge in [0.1, 0.15) is 6.04 Å². The summed E-state index contributed by atoms with van der Waals surface area (Å²) >= 11 is 1.55. The summed E-state index contributed by atoms with van der Waals surface area (Å²) in [6, 6.07) is 20.6. The van der Waals surface area contributed by atoms with Crippen LogP contribution >= 0.6 is 11.8 Å². The quantitative estimate of drug-likeness (QED) is 0.375. The van der Waals surface area contributed by atoms with Gasteiger partial charge in [-0.25, -0.2) is 4.79 Å². The zero-order chi connectivity index (χ0) is 24.5. The fraction of sp³-hybridized carbons (Fsp3) is 0.286. The molecule has 180 valence electrons. The van der Waals surface area contributed by atoms with Gasteiger partial charge in [0.05, 0.1) is 13.2 Å². The van der Waals surface area contributed by atoms with Gasteiger partial charge in [0.25, 0.3) is 5.91 Å². The molecule has 0 aliphatic heterocycles. The number of carbonyl (C=O) groups excluding carboxylic acids is 1. The molecule has 3 rings (SSSR count). The molecule has 1 atom stereocenters. The number of carboxylic acids is 1. The summed E-state index contributed by atoms with van der Waals surface area (Å²) in [4.78, 5) is 24.8. The standard InChI is InChI=1S/C28H31NO4S.Li.H/c1-19-8-4-6-10-22(19)18-33-17-21-12-13-24(25(16-21)23-11-7-5-9-20(23)2)27(30)29-26(28(31)32)14-15-34-3;;/h4-13,16,26H,14-15,17-18H2,1-3H3,(H,29,30)(H,31,32);;. The van der Waals surface area contributed by atoms with Crippen molar-refractivity contribution < 1.29 is 19.4 Å². The van der Waals surface area contributed by atoms with Crippen LogP contribution in [0.5, 0.6) is 0 Å². The van der Waals surface area contributed by atoms with Gasteiger partial charge < -0.3 is 15.2 Å². The molecular formula is C28H32LiNO4S. The summed E-state index contributed by atoms with van der Waals surface area (Å²) < 4.78 is 5.97. The van der Waals surface area contributed by atoms with Crippen LogP contribution in [0.4, 0.5) is 0 Å². The van der Waals surface area contributed by atoms with Crippen LogP contribution in [0.15, 0.2) is 66.7 Å². The van der Waals surface area contributed by atoms with Crippen LogP contribution in [-0.4, -0.2) is 53.9 Å². The predicted octanol–water partition coefficient (Wildman–Crippen LogP) is 4.97. The zero-order valence-electron chi connectivity index (χ0n) is 19.8. The number of ether oxygens (including phenoxy) is 1. The van der Waals surface area contributed by atoms with Crippen LogP contribution < -0.4 is 5.32 Å². The average molecular weight is 486 g/mol. The van der Waals surface area contributed by atoms with Crippen LogP contribution in [0.1, 0.15) is 39.0 Å². The van der Waals surface area contributed by atoms with E-state index in [0.29, 0.717) is 31.0 Å². The van der Waals surface area contributed by atoms with E-state index in [1.165, 1.54) is 5.56 Å². The number of aryl methyl sites for hydroxylation is 2. The van der Waals surface area contributed by atoms with E-state index in [-0.39, 0.29) is 24.8 Å². The van der Waals surface area contributed by atoms with E-state index in [9.17, 15) is 14.7 Å². The van der Waals surface area contributed by atoms with E-state index in [1.54, 1.807) is 17.8 Å². The summed E-state index contributed by atoms with van der Waals surface area (Å²) in [7, 11) is 0. The summed E-state index contributed by atoms with van der Waals surface area (Å²) in [6.45, 7) is 4.97. The molecule has 0 aromatic heterocycles. The Hall–Kier alpha value is -2.49. The molecule has 1 unspecified atom stereocenters. The Morgan fingerprint density at radius 1 is 0.943 bits per heavy atom. The Kier molecular flexibility index (Phi) is 11.6. The van der Waals surface area contributed by atoms with Crippen LogP contribution in [0.3, 0.4) is 0 Å². The van der Waals surface area contributed by atoms with Crippen LogP contribution in [0.25, 0.3) is 11.1 Å². The number of aliphatic carboxylic acids is 1. The van der Waals surface area contributed by atoms with E-state index in [2.05, 4.69) is 24.4 Å². The molecule has 5 nitrogen and oxygen atoms in total. The van der Waals surface area contributed by atoms with E-state index < -0.39 is 12.0 Å². The van der Waals surface area contributed by atoms with Gasteiger partial charge in [0.2, 0.25) is 0 Å². The van der Waals surface area contributed by atoms with E-state index in [1.807, 2.05) is 61.7 Å². The third-order valence-electron chi connectivity index (χ3n) is 5.77. The van der Waals surface area contributed by atoms with Crippen molar-refractivity contribution in [1.29, 1.82) is 0 Å². The molecule has 0 radical (unpaired) electrons. The van der Waals surface area contributed by atoms with Crippen molar-refractivity contribution in [1.82, 2.24) is 5.32 Å². The molecule has 0 bridgehead atoms. The number of thioether (sulfide) groups is 1. The molecule has 3 aromatic carbocycles. The SMILES string of the molecule is CSCCC(NC(=O)c1ccc(COCc2ccccc2C)cc1-c1ccccc1C)C(=O)O.[LiH]. The van der Waals surface area contributed by atoms with Crippen LogP contribution in [0, 0.1) is 13.8 Å². The number of hydrogen-bond donors (Lipinski definition) is 2. The molecule has 35 heavy (non-hydrogen) atoms. The van der Waals surface area contributed by atoms with Crippen molar-refractivity contribution in [3.8, 4) is 11.1 Å². The summed E-state index contributed by atoms with van der Waals surface area (Å²) in [5.41, 5.74) is 6.46. The van der Waals surface area contributed by atoms with Gasteiger partial charge in [0, 0.05) is 5.56 Å². The second-order valence-corrected chi connectivity index (χ2v) is 9.25. The van der Waals surface area contributed by atoms with Crippen molar-refractivity contribution >= 4 is 42.5 Å². The first kappa shape index (κ1) is 28.7. The molecule has 0 aliphatic carbocycles. The number of benzene rings is 3. The molecule has 0 fully saturated rings. The van der Waals surface area contributed by atoms with Crippen molar-refractivity contribution in [3.05, 3.63) is 94.5 Å². The topological polar surface area (TPSA) is 75.6 Å². The van der Waals surface area contributed by atoms with Gasteiger partial charge in [0.15, 0.2) is 0 Å². The third-order valence-corrected chi connectivity index (χ3v) is 6.41. The Morgan fingerprint density at radius 2 is 1.63 bits per heavy atom. The number of hydrogen-bond acceptors (Lipinski definition) is 4. The first-order valence-electron chi connectivity index (χ1n) is 11.2. The molecule has 1 amide bonds. The van der Waals surface area contributed by atoms with Crippen molar-refractivity contribution in [3.63, 3.8) is 0 Å².